The Kier molecular flexibility index (Phi) is 3.83. The summed E-state index contributed by atoms with van der Waals surface area (Å²) >= 11 is 5.61. The zero-order chi connectivity index (χ0) is 12.3. The predicted molar refractivity (Wildman–Crippen MR) is 55.3 cm³/mol. The molecule has 0 amide bonds. The topological polar surface area (TPSA) is 52.3 Å². The van der Waals surface area contributed by atoms with Crippen molar-refractivity contribution in [1.82, 2.24) is 0 Å². The van der Waals surface area contributed by atoms with E-state index in [9.17, 15) is 13.6 Å². The predicted octanol–water partition coefficient (Wildman–Crippen LogP) is 1.93. The fourth-order valence-corrected chi connectivity index (χ4v) is 1.35. The van der Waals surface area contributed by atoms with Crippen LogP contribution in [0.2, 0.25) is 5.02 Å². The van der Waals surface area contributed by atoms with E-state index in [1.807, 2.05) is 0 Å². The molecule has 1 aromatic rings. The Morgan fingerprint density at radius 3 is 2.31 bits per heavy atom. The van der Waals surface area contributed by atoms with Gasteiger partial charge in [-0.1, -0.05) is 23.7 Å². The molecule has 1 aromatic carbocycles. The number of alkyl halides is 2. The molecule has 1 atom stereocenters. The second kappa shape index (κ2) is 4.76. The molecule has 2 N–H and O–H groups in total. The molecule has 0 spiro atoms. The SMILES string of the molecule is COC(=O)C(N)(c1ccc(Cl)cc1)C(F)F. The van der Waals surface area contributed by atoms with Crippen LogP contribution in [0.5, 0.6) is 0 Å². The van der Waals surface area contributed by atoms with Crippen molar-refractivity contribution >= 4 is 17.6 Å². The number of carbonyl (C=O) groups excluding carboxylic acids is 1. The third-order valence-electron chi connectivity index (χ3n) is 2.19. The lowest BCUT2D eigenvalue weighted by Crippen LogP contribution is -2.51. The lowest BCUT2D eigenvalue weighted by molar-refractivity contribution is -0.154. The van der Waals surface area contributed by atoms with Crippen LogP contribution in [-0.4, -0.2) is 19.5 Å². The number of rotatable bonds is 3. The van der Waals surface area contributed by atoms with E-state index in [0.29, 0.717) is 5.02 Å². The second-order valence-electron chi connectivity index (χ2n) is 3.17. The summed E-state index contributed by atoms with van der Waals surface area (Å²) in [6.45, 7) is 0. The number of benzene rings is 1. The van der Waals surface area contributed by atoms with Gasteiger partial charge in [0.25, 0.3) is 6.43 Å². The third kappa shape index (κ3) is 2.15. The van der Waals surface area contributed by atoms with E-state index in [1.54, 1.807) is 0 Å². The first kappa shape index (κ1) is 12.9. The van der Waals surface area contributed by atoms with Crippen LogP contribution in [0.4, 0.5) is 8.78 Å². The fraction of sp³-hybridized carbons (Fsp3) is 0.300. The monoisotopic (exact) mass is 249 g/mol. The van der Waals surface area contributed by atoms with Crippen molar-refractivity contribution in [2.45, 2.75) is 12.0 Å². The highest BCUT2D eigenvalue weighted by Crippen LogP contribution is 2.28. The maximum Gasteiger partial charge on any atom is 0.336 e. The number of carbonyl (C=O) groups is 1. The summed E-state index contributed by atoms with van der Waals surface area (Å²) in [6.07, 6.45) is -3.07. The van der Waals surface area contributed by atoms with Gasteiger partial charge in [-0.05, 0) is 17.7 Å². The Morgan fingerprint density at radius 1 is 1.44 bits per heavy atom. The average molecular weight is 250 g/mol. The van der Waals surface area contributed by atoms with Crippen molar-refractivity contribution in [3.8, 4) is 0 Å². The Hall–Kier alpha value is -1.20. The lowest BCUT2D eigenvalue weighted by atomic mass is 9.91. The van der Waals surface area contributed by atoms with E-state index in [2.05, 4.69) is 4.74 Å². The summed E-state index contributed by atoms with van der Waals surface area (Å²) in [4.78, 5) is 11.3. The average Bonchev–Trinajstić information content (AvgIpc) is 2.27. The Bertz CT molecular complexity index is 383. The van der Waals surface area contributed by atoms with Gasteiger partial charge in [0.15, 0.2) is 0 Å². The van der Waals surface area contributed by atoms with Crippen LogP contribution in [0, 0.1) is 0 Å². The molecule has 16 heavy (non-hydrogen) atoms. The quantitative estimate of drug-likeness (QED) is 0.833. The minimum atomic E-state index is -3.07. The molecule has 0 aliphatic heterocycles. The van der Waals surface area contributed by atoms with Crippen LogP contribution in [0.25, 0.3) is 0 Å². The Balaban J connectivity index is 3.21. The molecule has 0 saturated heterocycles. The molecule has 0 aromatic heterocycles. The van der Waals surface area contributed by atoms with E-state index in [-0.39, 0.29) is 5.56 Å². The van der Waals surface area contributed by atoms with E-state index in [4.69, 9.17) is 17.3 Å². The molecule has 6 heteroatoms. The smallest absolute Gasteiger partial charge is 0.336 e. The number of nitrogens with two attached hydrogens (primary N) is 1. The number of methoxy groups -OCH3 is 1. The molecule has 1 rings (SSSR count). The van der Waals surface area contributed by atoms with Gasteiger partial charge in [0.1, 0.15) is 0 Å². The summed E-state index contributed by atoms with van der Waals surface area (Å²) in [5.74, 6) is -1.19. The van der Waals surface area contributed by atoms with Crippen molar-refractivity contribution < 1.29 is 18.3 Å². The van der Waals surface area contributed by atoms with Crippen molar-refractivity contribution in [2.75, 3.05) is 7.11 Å². The molecule has 1 unspecified atom stereocenters. The minimum Gasteiger partial charge on any atom is -0.467 e. The number of halogens is 3. The maximum absolute atomic E-state index is 12.8. The van der Waals surface area contributed by atoms with Crippen molar-refractivity contribution in [2.24, 2.45) is 5.73 Å². The lowest BCUT2D eigenvalue weighted by Gasteiger charge is -2.25. The van der Waals surface area contributed by atoms with E-state index >= 15 is 0 Å². The van der Waals surface area contributed by atoms with E-state index in [1.165, 1.54) is 24.3 Å². The van der Waals surface area contributed by atoms with Gasteiger partial charge in [-0.25, -0.2) is 13.6 Å². The molecule has 0 aliphatic carbocycles. The summed E-state index contributed by atoms with van der Waals surface area (Å²) in [5.41, 5.74) is 2.90. The normalized spacial score (nSPS) is 14.6. The van der Waals surface area contributed by atoms with Crippen LogP contribution in [0.3, 0.4) is 0 Å². The molecule has 3 nitrogen and oxygen atoms in total. The fourth-order valence-electron chi connectivity index (χ4n) is 1.23. The summed E-state index contributed by atoms with van der Waals surface area (Å²) in [5, 5.41) is 0.366. The maximum atomic E-state index is 12.8. The molecule has 0 saturated carbocycles. The third-order valence-corrected chi connectivity index (χ3v) is 2.44. The van der Waals surface area contributed by atoms with Crippen LogP contribution in [-0.2, 0) is 15.1 Å². The highest BCUT2D eigenvalue weighted by Gasteiger charge is 2.46. The Morgan fingerprint density at radius 2 is 1.94 bits per heavy atom. The van der Waals surface area contributed by atoms with Crippen molar-refractivity contribution in [3.05, 3.63) is 34.9 Å². The van der Waals surface area contributed by atoms with Crippen LogP contribution in [0.15, 0.2) is 24.3 Å². The zero-order valence-electron chi connectivity index (χ0n) is 8.41. The van der Waals surface area contributed by atoms with Crippen molar-refractivity contribution in [3.63, 3.8) is 0 Å². The molecule has 0 bridgehead atoms. The standard InChI is InChI=1S/C10H10ClF2NO2/c1-16-9(15)10(14,8(12)13)6-2-4-7(11)5-3-6/h2-5,8H,14H2,1H3. The number of hydrogen-bond donors (Lipinski definition) is 1. The summed E-state index contributed by atoms with van der Waals surface area (Å²) in [6, 6.07) is 5.30. The van der Waals surface area contributed by atoms with E-state index < -0.39 is 17.9 Å². The first-order valence-electron chi connectivity index (χ1n) is 4.34. The van der Waals surface area contributed by atoms with Crippen LogP contribution < -0.4 is 5.73 Å². The molecule has 88 valence electrons. The van der Waals surface area contributed by atoms with E-state index in [0.717, 1.165) is 7.11 Å². The summed E-state index contributed by atoms with van der Waals surface area (Å²) in [7, 11) is 1.00. The number of ether oxygens (including phenoxy) is 1. The second-order valence-corrected chi connectivity index (χ2v) is 3.60. The largest absolute Gasteiger partial charge is 0.467 e. The molecule has 0 fully saturated rings. The molecular weight excluding hydrogens is 240 g/mol. The first-order chi connectivity index (χ1) is 7.42. The van der Waals surface area contributed by atoms with Gasteiger partial charge in [-0.3, -0.25) is 0 Å². The molecular formula is C10H10ClF2NO2. The van der Waals surface area contributed by atoms with Gasteiger partial charge in [0.2, 0.25) is 5.54 Å². The summed E-state index contributed by atoms with van der Waals surface area (Å²) < 4.78 is 30.0. The van der Waals surface area contributed by atoms with Crippen LogP contribution in [0.1, 0.15) is 5.56 Å². The zero-order valence-corrected chi connectivity index (χ0v) is 9.17. The van der Waals surface area contributed by atoms with Gasteiger partial charge >= 0.3 is 5.97 Å². The van der Waals surface area contributed by atoms with Gasteiger partial charge in [0.05, 0.1) is 7.11 Å². The Labute approximate surface area is 96.1 Å². The van der Waals surface area contributed by atoms with Gasteiger partial charge in [-0.2, -0.15) is 0 Å². The molecule has 0 aliphatic rings. The van der Waals surface area contributed by atoms with Crippen molar-refractivity contribution in [1.29, 1.82) is 0 Å². The highest BCUT2D eigenvalue weighted by molar-refractivity contribution is 6.30. The van der Waals surface area contributed by atoms with Gasteiger partial charge in [0, 0.05) is 5.02 Å². The highest BCUT2D eigenvalue weighted by atomic mass is 35.5. The number of esters is 1. The molecule has 0 radical (unpaired) electrons. The minimum absolute atomic E-state index is 0.0428. The first-order valence-corrected chi connectivity index (χ1v) is 4.72. The van der Waals surface area contributed by atoms with Gasteiger partial charge < -0.3 is 10.5 Å². The molecule has 0 heterocycles. The van der Waals surface area contributed by atoms with Crippen LogP contribution >= 0.6 is 11.6 Å². The van der Waals surface area contributed by atoms with Gasteiger partial charge in [-0.15, -0.1) is 0 Å². The number of hydrogen-bond acceptors (Lipinski definition) is 3.